The van der Waals surface area contributed by atoms with Crippen molar-refractivity contribution >= 4 is 40.8 Å². The zero-order valence-corrected chi connectivity index (χ0v) is 20.9. The molecule has 6 nitrogen and oxygen atoms in total. The minimum Gasteiger partial charge on any atom is -0.378 e. The van der Waals surface area contributed by atoms with Crippen LogP contribution in [-0.4, -0.2) is 55.7 Å². The summed E-state index contributed by atoms with van der Waals surface area (Å²) in [7, 11) is 0. The van der Waals surface area contributed by atoms with E-state index in [9.17, 15) is 4.79 Å². The first-order valence-electron chi connectivity index (χ1n) is 12.1. The van der Waals surface area contributed by atoms with Crippen LogP contribution in [0.5, 0.6) is 0 Å². The van der Waals surface area contributed by atoms with Crippen LogP contribution in [0, 0.1) is 0 Å². The molecule has 0 atom stereocenters. The van der Waals surface area contributed by atoms with E-state index in [2.05, 4.69) is 15.5 Å². The lowest BCUT2D eigenvalue weighted by Gasteiger charge is -2.31. The SMILES string of the molecule is O=C(NCCc1ccc(Cl)cc1Cl)c1ccc(NC(=NC2CCCCC2)N2CCOCC2)cc1. The number of hydrogen-bond acceptors (Lipinski definition) is 3. The third-order valence-electron chi connectivity index (χ3n) is 6.29. The third kappa shape index (κ3) is 7.11. The summed E-state index contributed by atoms with van der Waals surface area (Å²) in [6, 6.07) is 13.3. The van der Waals surface area contributed by atoms with E-state index in [1.54, 1.807) is 12.1 Å². The van der Waals surface area contributed by atoms with Crippen molar-refractivity contribution in [3.8, 4) is 0 Å². The largest absolute Gasteiger partial charge is 0.378 e. The Morgan fingerprint density at radius 1 is 1.03 bits per heavy atom. The fraction of sp³-hybridized carbons (Fsp3) is 0.462. The molecule has 4 rings (SSSR count). The van der Waals surface area contributed by atoms with Crippen molar-refractivity contribution in [3.63, 3.8) is 0 Å². The number of anilines is 1. The number of amides is 1. The van der Waals surface area contributed by atoms with Crippen molar-refractivity contribution in [2.45, 2.75) is 44.6 Å². The van der Waals surface area contributed by atoms with E-state index in [4.69, 9.17) is 32.9 Å². The number of morpholine rings is 1. The molecular formula is C26H32Cl2N4O2. The molecule has 0 radical (unpaired) electrons. The summed E-state index contributed by atoms with van der Waals surface area (Å²) in [6.07, 6.45) is 6.74. The Kier molecular flexibility index (Phi) is 9.08. The lowest BCUT2D eigenvalue weighted by molar-refractivity contribution is 0.0677. The summed E-state index contributed by atoms with van der Waals surface area (Å²) in [5, 5.41) is 7.68. The van der Waals surface area contributed by atoms with Gasteiger partial charge in [0.05, 0.1) is 19.3 Å². The van der Waals surface area contributed by atoms with Gasteiger partial charge in [-0.05, 0) is 61.2 Å². The maximum atomic E-state index is 12.6. The third-order valence-corrected chi connectivity index (χ3v) is 6.88. The highest BCUT2D eigenvalue weighted by molar-refractivity contribution is 6.35. The molecule has 0 bridgehead atoms. The van der Waals surface area contributed by atoms with Crippen LogP contribution in [0.25, 0.3) is 0 Å². The number of ether oxygens (including phenoxy) is 1. The normalized spacial score (nSPS) is 17.5. The van der Waals surface area contributed by atoms with Crippen LogP contribution in [-0.2, 0) is 11.2 Å². The molecule has 182 valence electrons. The van der Waals surface area contributed by atoms with Crippen molar-refractivity contribution in [2.24, 2.45) is 4.99 Å². The summed E-state index contributed by atoms with van der Waals surface area (Å²) in [6.45, 7) is 3.58. The van der Waals surface area contributed by atoms with E-state index in [1.807, 2.05) is 30.3 Å². The highest BCUT2D eigenvalue weighted by atomic mass is 35.5. The lowest BCUT2D eigenvalue weighted by atomic mass is 9.96. The van der Waals surface area contributed by atoms with Crippen molar-refractivity contribution in [3.05, 3.63) is 63.6 Å². The molecule has 1 heterocycles. The van der Waals surface area contributed by atoms with E-state index in [0.717, 1.165) is 43.1 Å². The molecule has 0 spiro atoms. The van der Waals surface area contributed by atoms with Crippen LogP contribution in [0.15, 0.2) is 47.5 Å². The van der Waals surface area contributed by atoms with Gasteiger partial charge in [0.2, 0.25) is 0 Å². The van der Waals surface area contributed by atoms with Gasteiger partial charge in [-0.1, -0.05) is 48.5 Å². The van der Waals surface area contributed by atoms with Crippen molar-refractivity contribution in [1.82, 2.24) is 10.2 Å². The number of nitrogens with zero attached hydrogens (tertiary/aromatic N) is 2. The number of nitrogens with one attached hydrogen (secondary N) is 2. The zero-order valence-electron chi connectivity index (χ0n) is 19.4. The molecule has 1 aliphatic carbocycles. The molecule has 2 aliphatic rings. The maximum absolute atomic E-state index is 12.6. The van der Waals surface area contributed by atoms with E-state index in [1.165, 1.54) is 19.3 Å². The van der Waals surface area contributed by atoms with Crippen LogP contribution < -0.4 is 10.6 Å². The smallest absolute Gasteiger partial charge is 0.251 e. The van der Waals surface area contributed by atoms with Crippen LogP contribution in [0.4, 0.5) is 5.69 Å². The molecule has 1 saturated heterocycles. The average Bonchev–Trinajstić information content (AvgIpc) is 2.86. The van der Waals surface area contributed by atoms with Gasteiger partial charge in [0.1, 0.15) is 0 Å². The molecule has 2 N–H and O–H groups in total. The van der Waals surface area contributed by atoms with Gasteiger partial charge >= 0.3 is 0 Å². The van der Waals surface area contributed by atoms with Crippen LogP contribution >= 0.6 is 23.2 Å². The number of aliphatic imine (C=N–C) groups is 1. The molecule has 1 amide bonds. The van der Waals surface area contributed by atoms with E-state index >= 15 is 0 Å². The first-order chi connectivity index (χ1) is 16.6. The van der Waals surface area contributed by atoms with Gasteiger partial charge in [-0.25, -0.2) is 4.99 Å². The second-order valence-corrected chi connectivity index (χ2v) is 9.63. The fourth-order valence-electron chi connectivity index (χ4n) is 4.32. The Balaban J connectivity index is 1.35. The molecule has 0 unspecified atom stereocenters. The van der Waals surface area contributed by atoms with Crippen LogP contribution in [0.3, 0.4) is 0 Å². The van der Waals surface area contributed by atoms with Crippen molar-refractivity contribution < 1.29 is 9.53 Å². The average molecular weight is 503 g/mol. The number of carbonyl (C=O) groups is 1. The molecule has 0 aromatic heterocycles. The molecule has 2 fully saturated rings. The summed E-state index contributed by atoms with van der Waals surface area (Å²) >= 11 is 12.2. The van der Waals surface area contributed by atoms with Gasteiger partial charge < -0.3 is 20.3 Å². The van der Waals surface area contributed by atoms with Gasteiger partial charge in [0.15, 0.2) is 5.96 Å². The van der Waals surface area contributed by atoms with E-state index < -0.39 is 0 Å². The highest BCUT2D eigenvalue weighted by Crippen LogP contribution is 2.22. The number of rotatable bonds is 6. The Bertz CT molecular complexity index is 985. The summed E-state index contributed by atoms with van der Waals surface area (Å²) in [4.78, 5) is 19.9. The van der Waals surface area contributed by atoms with Gasteiger partial charge in [-0.3, -0.25) is 4.79 Å². The van der Waals surface area contributed by atoms with Gasteiger partial charge in [0.25, 0.3) is 5.91 Å². The molecule has 34 heavy (non-hydrogen) atoms. The topological polar surface area (TPSA) is 66.0 Å². The lowest BCUT2D eigenvalue weighted by Crippen LogP contribution is -2.44. The highest BCUT2D eigenvalue weighted by Gasteiger charge is 2.19. The summed E-state index contributed by atoms with van der Waals surface area (Å²) < 4.78 is 5.52. The Morgan fingerprint density at radius 3 is 2.47 bits per heavy atom. The Morgan fingerprint density at radius 2 is 1.76 bits per heavy atom. The van der Waals surface area contributed by atoms with Gasteiger partial charge in [0, 0.05) is 40.9 Å². The predicted molar refractivity (Wildman–Crippen MR) is 139 cm³/mol. The fourth-order valence-corrected chi connectivity index (χ4v) is 4.83. The molecule has 1 saturated carbocycles. The number of guanidine groups is 1. The van der Waals surface area contributed by atoms with Crippen LogP contribution in [0.2, 0.25) is 10.0 Å². The summed E-state index contributed by atoms with van der Waals surface area (Å²) in [5.74, 6) is 0.799. The summed E-state index contributed by atoms with van der Waals surface area (Å²) in [5.41, 5.74) is 2.49. The standard InChI is InChI=1S/C26H32Cl2N4O2/c27-21-9-6-19(24(28)18-21)12-13-29-25(33)20-7-10-23(11-8-20)31-26(32-14-16-34-17-15-32)30-22-4-2-1-3-5-22/h6-11,18,22H,1-5,12-17H2,(H,29,33)(H,30,31). The molecule has 2 aromatic rings. The van der Waals surface area contributed by atoms with E-state index in [-0.39, 0.29) is 5.91 Å². The first-order valence-corrected chi connectivity index (χ1v) is 12.8. The molecule has 2 aromatic carbocycles. The van der Waals surface area contributed by atoms with Crippen molar-refractivity contribution in [1.29, 1.82) is 0 Å². The quantitative estimate of drug-likeness (QED) is 0.409. The minimum absolute atomic E-state index is 0.110. The molecular weight excluding hydrogens is 471 g/mol. The number of hydrogen-bond donors (Lipinski definition) is 2. The second-order valence-electron chi connectivity index (χ2n) is 8.79. The monoisotopic (exact) mass is 502 g/mol. The molecule has 1 aliphatic heterocycles. The van der Waals surface area contributed by atoms with Crippen molar-refractivity contribution in [2.75, 3.05) is 38.2 Å². The maximum Gasteiger partial charge on any atom is 0.251 e. The zero-order chi connectivity index (χ0) is 23.8. The first kappa shape index (κ1) is 24.8. The predicted octanol–water partition coefficient (Wildman–Crippen LogP) is 5.40. The van der Waals surface area contributed by atoms with Gasteiger partial charge in [-0.2, -0.15) is 0 Å². The molecule has 8 heteroatoms. The van der Waals surface area contributed by atoms with E-state index in [0.29, 0.717) is 47.8 Å². The second kappa shape index (κ2) is 12.4. The number of carbonyl (C=O) groups excluding carboxylic acids is 1. The number of benzene rings is 2. The minimum atomic E-state index is -0.110. The van der Waals surface area contributed by atoms with Gasteiger partial charge in [-0.15, -0.1) is 0 Å². The Labute approximate surface area is 211 Å². The number of halogens is 2. The van der Waals surface area contributed by atoms with Crippen LogP contribution in [0.1, 0.15) is 48.0 Å². The Hall–Kier alpha value is -2.28.